The summed E-state index contributed by atoms with van der Waals surface area (Å²) in [5.74, 6) is 0.591. The van der Waals surface area contributed by atoms with Crippen molar-refractivity contribution >= 4 is 17.2 Å². The van der Waals surface area contributed by atoms with Crippen molar-refractivity contribution < 1.29 is 0 Å². The zero-order chi connectivity index (χ0) is 9.97. The van der Waals surface area contributed by atoms with E-state index in [9.17, 15) is 0 Å². The van der Waals surface area contributed by atoms with Gasteiger partial charge in [0, 0.05) is 19.0 Å². The number of nitrogens with zero attached hydrogens (tertiary/aromatic N) is 1. The highest BCUT2D eigenvalue weighted by Crippen LogP contribution is 2.20. The third kappa shape index (κ3) is 1.95. The highest BCUT2D eigenvalue weighted by atomic mass is 32.1. The van der Waals surface area contributed by atoms with Gasteiger partial charge in [0.25, 0.3) is 0 Å². The summed E-state index contributed by atoms with van der Waals surface area (Å²) in [6.45, 7) is 4.31. The molecule has 1 unspecified atom stereocenters. The summed E-state index contributed by atoms with van der Waals surface area (Å²) in [6.07, 6.45) is 1.21. The van der Waals surface area contributed by atoms with E-state index in [-0.39, 0.29) is 0 Å². The van der Waals surface area contributed by atoms with E-state index in [2.05, 4.69) is 42.2 Å². The van der Waals surface area contributed by atoms with Gasteiger partial charge >= 0.3 is 0 Å². The molecule has 1 aliphatic rings. The lowest BCUT2D eigenvalue weighted by Gasteiger charge is -2.18. The maximum Gasteiger partial charge on any atom is 0.0811 e. The molecule has 2 heteroatoms. The van der Waals surface area contributed by atoms with Crippen LogP contribution in [0.3, 0.4) is 0 Å². The van der Waals surface area contributed by atoms with Crippen molar-refractivity contribution in [3.8, 4) is 0 Å². The van der Waals surface area contributed by atoms with Crippen LogP contribution in [0.1, 0.15) is 18.9 Å². The van der Waals surface area contributed by atoms with Crippen molar-refractivity contribution in [2.75, 3.05) is 6.54 Å². The second-order valence-electron chi connectivity index (χ2n) is 3.94. The van der Waals surface area contributed by atoms with Crippen LogP contribution in [-0.2, 0) is 6.54 Å². The van der Waals surface area contributed by atoms with Crippen LogP contribution in [0.4, 0.5) is 0 Å². The standard InChI is InChI=1S/C12H15NS/c1-10-7-8-13(12(10)14)9-11-5-3-2-4-6-11/h2-6,10H,7-9H2,1H3. The number of benzene rings is 1. The van der Waals surface area contributed by atoms with E-state index in [0.29, 0.717) is 5.92 Å². The molecule has 0 bridgehead atoms. The normalized spacial score (nSPS) is 21.6. The van der Waals surface area contributed by atoms with Gasteiger partial charge in [-0.25, -0.2) is 0 Å². The quantitative estimate of drug-likeness (QED) is 0.683. The van der Waals surface area contributed by atoms with Crippen LogP contribution < -0.4 is 0 Å². The van der Waals surface area contributed by atoms with E-state index in [0.717, 1.165) is 18.1 Å². The van der Waals surface area contributed by atoms with E-state index >= 15 is 0 Å². The molecule has 0 N–H and O–H groups in total. The third-order valence-corrected chi connectivity index (χ3v) is 3.44. The predicted molar refractivity (Wildman–Crippen MR) is 63.2 cm³/mol. The van der Waals surface area contributed by atoms with E-state index < -0.39 is 0 Å². The Labute approximate surface area is 90.7 Å². The molecule has 74 valence electrons. The van der Waals surface area contributed by atoms with Gasteiger partial charge in [-0.15, -0.1) is 0 Å². The van der Waals surface area contributed by atoms with Crippen molar-refractivity contribution in [2.45, 2.75) is 19.9 Å². The Morgan fingerprint density at radius 3 is 2.64 bits per heavy atom. The predicted octanol–water partition coefficient (Wildman–Crippen LogP) is 2.86. The summed E-state index contributed by atoms with van der Waals surface area (Å²) < 4.78 is 0. The molecule has 0 aliphatic carbocycles. The van der Waals surface area contributed by atoms with Gasteiger partial charge in [-0.2, -0.15) is 0 Å². The zero-order valence-electron chi connectivity index (χ0n) is 8.44. The van der Waals surface area contributed by atoms with Gasteiger partial charge < -0.3 is 4.90 Å². The Morgan fingerprint density at radius 1 is 1.36 bits per heavy atom. The lowest BCUT2D eigenvalue weighted by molar-refractivity contribution is 0.453. The van der Waals surface area contributed by atoms with E-state index in [1.165, 1.54) is 12.0 Å². The van der Waals surface area contributed by atoms with Gasteiger partial charge in [-0.1, -0.05) is 49.5 Å². The smallest absolute Gasteiger partial charge is 0.0811 e. The Hall–Kier alpha value is -0.890. The summed E-state index contributed by atoms with van der Waals surface area (Å²) in [5.41, 5.74) is 1.35. The summed E-state index contributed by atoms with van der Waals surface area (Å²) in [6, 6.07) is 10.5. The Kier molecular flexibility index (Phi) is 2.82. The van der Waals surface area contributed by atoms with Gasteiger partial charge in [-0.05, 0) is 12.0 Å². The summed E-state index contributed by atoms with van der Waals surface area (Å²) in [7, 11) is 0. The molecule has 1 aliphatic heterocycles. The molecule has 0 aromatic heterocycles. The fraction of sp³-hybridized carbons (Fsp3) is 0.417. The first-order chi connectivity index (χ1) is 6.77. The SMILES string of the molecule is CC1CCN(Cc2ccccc2)C1=S. The molecule has 0 saturated carbocycles. The average molecular weight is 205 g/mol. The van der Waals surface area contributed by atoms with Crippen molar-refractivity contribution in [3.05, 3.63) is 35.9 Å². The lowest BCUT2D eigenvalue weighted by Crippen LogP contribution is -2.24. The molecule has 1 heterocycles. The molecule has 0 amide bonds. The van der Waals surface area contributed by atoms with Crippen molar-refractivity contribution in [1.82, 2.24) is 4.90 Å². The Bertz CT molecular complexity index is 320. The first-order valence-electron chi connectivity index (χ1n) is 5.10. The van der Waals surface area contributed by atoms with Crippen LogP contribution in [0.15, 0.2) is 30.3 Å². The monoisotopic (exact) mass is 205 g/mol. The van der Waals surface area contributed by atoms with Crippen LogP contribution in [0.5, 0.6) is 0 Å². The minimum Gasteiger partial charge on any atom is -0.362 e. The Balaban J connectivity index is 2.02. The van der Waals surface area contributed by atoms with Crippen molar-refractivity contribution in [1.29, 1.82) is 0 Å². The van der Waals surface area contributed by atoms with Gasteiger partial charge in [0.05, 0.1) is 4.99 Å². The zero-order valence-corrected chi connectivity index (χ0v) is 9.26. The number of thiocarbonyl (C=S) groups is 1. The lowest BCUT2D eigenvalue weighted by atomic mass is 10.2. The fourth-order valence-electron chi connectivity index (χ4n) is 1.86. The molecular weight excluding hydrogens is 190 g/mol. The van der Waals surface area contributed by atoms with Crippen LogP contribution in [-0.4, -0.2) is 16.4 Å². The second kappa shape index (κ2) is 4.09. The van der Waals surface area contributed by atoms with Gasteiger partial charge in [-0.3, -0.25) is 0 Å². The number of hydrogen-bond acceptors (Lipinski definition) is 1. The number of rotatable bonds is 2. The molecule has 1 aromatic carbocycles. The molecular formula is C12H15NS. The van der Waals surface area contributed by atoms with Crippen LogP contribution in [0.2, 0.25) is 0 Å². The molecule has 1 fully saturated rings. The summed E-state index contributed by atoms with van der Waals surface area (Å²) >= 11 is 5.39. The molecule has 1 saturated heterocycles. The molecule has 0 spiro atoms. The minimum absolute atomic E-state index is 0.591. The molecule has 2 rings (SSSR count). The molecule has 1 aromatic rings. The first kappa shape index (κ1) is 9.66. The molecule has 1 atom stereocenters. The Morgan fingerprint density at radius 2 is 2.07 bits per heavy atom. The molecule has 14 heavy (non-hydrogen) atoms. The second-order valence-corrected chi connectivity index (χ2v) is 4.35. The van der Waals surface area contributed by atoms with Crippen molar-refractivity contribution in [2.24, 2.45) is 5.92 Å². The number of hydrogen-bond donors (Lipinski definition) is 0. The van der Waals surface area contributed by atoms with Gasteiger partial charge in [0.15, 0.2) is 0 Å². The van der Waals surface area contributed by atoms with Crippen molar-refractivity contribution in [3.63, 3.8) is 0 Å². The van der Waals surface area contributed by atoms with Crippen LogP contribution in [0.25, 0.3) is 0 Å². The first-order valence-corrected chi connectivity index (χ1v) is 5.51. The van der Waals surface area contributed by atoms with Crippen LogP contribution >= 0.6 is 12.2 Å². The average Bonchev–Trinajstić information content (AvgIpc) is 2.52. The van der Waals surface area contributed by atoms with E-state index in [1.807, 2.05) is 0 Å². The van der Waals surface area contributed by atoms with E-state index in [1.54, 1.807) is 0 Å². The third-order valence-electron chi connectivity index (χ3n) is 2.78. The van der Waals surface area contributed by atoms with Gasteiger partial charge in [0.2, 0.25) is 0 Å². The largest absolute Gasteiger partial charge is 0.362 e. The maximum atomic E-state index is 5.39. The maximum absolute atomic E-state index is 5.39. The number of likely N-dealkylation sites (tertiary alicyclic amines) is 1. The minimum atomic E-state index is 0.591. The van der Waals surface area contributed by atoms with Gasteiger partial charge in [0.1, 0.15) is 0 Å². The molecule has 1 nitrogen and oxygen atoms in total. The highest BCUT2D eigenvalue weighted by molar-refractivity contribution is 7.80. The topological polar surface area (TPSA) is 3.24 Å². The highest BCUT2D eigenvalue weighted by Gasteiger charge is 2.23. The molecule has 0 radical (unpaired) electrons. The fourth-order valence-corrected chi connectivity index (χ4v) is 2.13. The summed E-state index contributed by atoms with van der Waals surface area (Å²) in [4.78, 5) is 3.45. The van der Waals surface area contributed by atoms with Crippen LogP contribution in [0, 0.1) is 5.92 Å². The van der Waals surface area contributed by atoms with E-state index in [4.69, 9.17) is 12.2 Å². The summed E-state index contributed by atoms with van der Waals surface area (Å²) in [5, 5.41) is 0.